The van der Waals surface area contributed by atoms with Gasteiger partial charge in [0.1, 0.15) is 41.2 Å². The number of aryl methyl sites for hydroxylation is 2. The molecule has 16 nitrogen and oxygen atoms in total. The van der Waals surface area contributed by atoms with Gasteiger partial charge in [0, 0.05) is 79.5 Å². The topological polar surface area (TPSA) is 165 Å². The number of hydrogen-bond acceptors (Lipinski definition) is 12. The second-order valence-electron chi connectivity index (χ2n) is 23.8. The highest BCUT2D eigenvalue weighted by molar-refractivity contribution is 9.10. The molecule has 0 N–H and O–H groups in total. The summed E-state index contributed by atoms with van der Waals surface area (Å²) in [6, 6.07) is 15.0. The zero-order chi connectivity index (χ0) is 55.0. The van der Waals surface area contributed by atoms with E-state index in [1.54, 1.807) is 68.0 Å². The summed E-state index contributed by atoms with van der Waals surface area (Å²) in [5.74, 6) is 0.247. The molecule has 4 bridgehead atoms. The minimum Gasteiger partial charge on any atom is -0.477 e. The highest BCUT2D eigenvalue weighted by atomic mass is 79.9. The molecule has 6 aliphatic carbocycles. The first-order valence-corrected chi connectivity index (χ1v) is 27.1. The fraction of sp³-hybridized carbons (Fsp3) is 0.500. The molecule has 6 aromatic rings. The molecule has 3 aliphatic heterocycles. The lowest BCUT2D eigenvalue weighted by atomic mass is 9.35. The first kappa shape index (κ1) is 53.7. The first-order valence-electron chi connectivity index (χ1n) is 26.3. The van der Waals surface area contributed by atoms with E-state index in [-0.39, 0.29) is 78.5 Å². The third-order valence-electron chi connectivity index (χ3n) is 17.2. The Kier molecular flexibility index (Phi) is 13.9. The van der Waals surface area contributed by atoms with E-state index in [9.17, 15) is 27.2 Å². The van der Waals surface area contributed by atoms with Crippen molar-refractivity contribution >= 4 is 40.3 Å². The number of halogens is 5. The van der Waals surface area contributed by atoms with Gasteiger partial charge in [0.25, 0.3) is 0 Å². The number of ether oxygens (including phenoxy) is 2. The molecular formula is C56H62BBrF4N10O6. The molecule has 410 valence electrons. The summed E-state index contributed by atoms with van der Waals surface area (Å²) < 4.78 is 83.5. The Bertz CT molecular complexity index is 3180. The number of hydrogen-bond donors (Lipinski definition) is 0. The number of carbonyl (C=O) groups is 2. The van der Waals surface area contributed by atoms with Crippen molar-refractivity contribution in [1.29, 1.82) is 0 Å². The predicted molar refractivity (Wildman–Crippen MR) is 282 cm³/mol. The third-order valence-corrected chi connectivity index (χ3v) is 17.7. The van der Waals surface area contributed by atoms with Gasteiger partial charge in [-0.2, -0.15) is 10.2 Å². The van der Waals surface area contributed by atoms with E-state index in [0.29, 0.717) is 40.7 Å². The highest BCUT2D eigenvalue weighted by Crippen LogP contribution is 2.75. The van der Waals surface area contributed by atoms with Crippen LogP contribution in [0.4, 0.5) is 17.6 Å². The second kappa shape index (κ2) is 20.1. The van der Waals surface area contributed by atoms with Crippen molar-refractivity contribution in [3.8, 4) is 23.0 Å². The summed E-state index contributed by atoms with van der Waals surface area (Å²) >= 11 is 3.29. The van der Waals surface area contributed by atoms with Crippen molar-refractivity contribution in [2.75, 3.05) is 26.3 Å². The minimum absolute atomic E-state index is 0.00133. The first-order chi connectivity index (χ1) is 37.0. The van der Waals surface area contributed by atoms with Gasteiger partial charge in [0.05, 0.1) is 72.3 Å². The van der Waals surface area contributed by atoms with Crippen molar-refractivity contribution in [3.05, 3.63) is 125 Å². The fourth-order valence-corrected chi connectivity index (χ4v) is 13.3. The largest absolute Gasteiger partial charge is 0.498 e. The van der Waals surface area contributed by atoms with E-state index in [4.69, 9.17) is 18.8 Å². The summed E-state index contributed by atoms with van der Waals surface area (Å²) in [5, 5.41) is 8.28. The smallest absolute Gasteiger partial charge is 0.477 e. The standard InChI is InChI=1S/C25H25F2N5O2.C21H20BrF2N3O2.C10H17BN2O2/c1-31-9-17(8-30-31)20-7-22(29-15-28-20)34-14-24-11-25(12-24,13-24)23(33)32-10-19(27)6-21(32)16-3-2-4-18(26)5-16;22-17-6-18(26-12-25-17)29-11-20-8-21(9-20,10-20)19(28)27-7-15(24)5-16(27)13-2-1-3-14(23)4-13;1-9(2)10(3,4)15-11(14-9)8-6-12-13(5)7-8/h2-5,7-9,15,19,21H,6,10-14H2,1H3;1-4,6,12,15-16H,5,7-11H2;6-7H,1-5H3. The van der Waals surface area contributed by atoms with Crippen molar-refractivity contribution in [2.24, 2.45) is 35.8 Å². The molecule has 2 amide bonds. The van der Waals surface area contributed by atoms with Crippen LogP contribution >= 0.6 is 15.9 Å². The van der Waals surface area contributed by atoms with E-state index in [1.165, 1.54) is 36.9 Å². The van der Waals surface area contributed by atoms with Crippen molar-refractivity contribution < 1.29 is 45.9 Å². The van der Waals surface area contributed by atoms with E-state index in [2.05, 4.69) is 46.1 Å². The number of nitrogens with zero attached hydrogens (tertiary/aromatic N) is 10. The Balaban J connectivity index is 0.000000133. The molecule has 7 heterocycles. The maximum absolute atomic E-state index is 14.3. The monoisotopic (exact) mass is 1140 g/mol. The van der Waals surface area contributed by atoms with Crippen molar-refractivity contribution in [2.45, 2.75) is 115 Å². The fourth-order valence-electron chi connectivity index (χ4n) is 13.0. The van der Waals surface area contributed by atoms with Gasteiger partial charge in [-0.15, -0.1) is 0 Å². The van der Waals surface area contributed by atoms with Crippen LogP contribution in [0, 0.1) is 33.3 Å². The van der Waals surface area contributed by atoms with Crippen LogP contribution in [0.15, 0.2) is 103 Å². The lowest BCUT2D eigenvalue weighted by Gasteiger charge is -2.69. The van der Waals surface area contributed by atoms with Crippen molar-refractivity contribution in [1.82, 2.24) is 49.3 Å². The Hall–Kier alpha value is -6.26. The zero-order valence-electron chi connectivity index (χ0n) is 44.4. The van der Waals surface area contributed by atoms with Crippen molar-refractivity contribution in [3.63, 3.8) is 0 Å². The van der Waals surface area contributed by atoms with Crippen LogP contribution in [0.3, 0.4) is 0 Å². The Morgan fingerprint density at radius 1 is 0.667 bits per heavy atom. The molecular weight excluding hydrogens is 1080 g/mol. The Morgan fingerprint density at radius 2 is 1.14 bits per heavy atom. The average molecular weight is 1140 g/mol. The van der Waals surface area contributed by atoms with Crippen LogP contribution in [0.2, 0.25) is 0 Å². The maximum Gasteiger partial charge on any atom is 0.498 e. The van der Waals surface area contributed by atoms with Gasteiger partial charge in [-0.3, -0.25) is 19.0 Å². The van der Waals surface area contributed by atoms with Gasteiger partial charge < -0.3 is 28.6 Å². The van der Waals surface area contributed by atoms with Gasteiger partial charge >= 0.3 is 7.12 Å². The van der Waals surface area contributed by atoms with E-state index < -0.39 is 35.3 Å². The summed E-state index contributed by atoms with van der Waals surface area (Å²) in [4.78, 5) is 46.5. The second-order valence-corrected chi connectivity index (χ2v) is 24.6. The summed E-state index contributed by atoms with van der Waals surface area (Å²) in [6.07, 6.45) is 12.9. The lowest BCUT2D eigenvalue weighted by molar-refractivity contribution is -0.226. The van der Waals surface area contributed by atoms with Crippen LogP contribution in [0.5, 0.6) is 11.8 Å². The predicted octanol–water partition coefficient (Wildman–Crippen LogP) is 8.84. The Morgan fingerprint density at radius 3 is 1.59 bits per heavy atom. The molecule has 4 aromatic heterocycles. The van der Waals surface area contributed by atoms with Crippen LogP contribution < -0.4 is 14.9 Å². The van der Waals surface area contributed by atoms with E-state index in [0.717, 1.165) is 55.2 Å². The molecule has 22 heteroatoms. The highest BCUT2D eigenvalue weighted by Gasteiger charge is 2.74. The quantitative estimate of drug-likeness (QED) is 0.0651. The number of likely N-dealkylation sites (tertiary alicyclic amines) is 2. The van der Waals surface area contributed by atoms with Gasteiger partial charge in [0.15, 0.2) is 0 Å². The number of carbonyl (C=O) groups excluding carboxylic acids is 2. The number of amides is 2. The zero-order valence-corrected chi connectivity index (χ0v) is 46.0. The number of alkyl halides is 2. The van der Waals surface area contributed by atoms with Gasteiger partial charge in [-0.25, -0.2) is 37.5 Å². The summed E-state index contributed by atoms with van der Waals surface area (Å²) in [7, 11) is 3.43. The molecule has 15 rings (SSSR count). The van der Waals surface area contributed by atoms with E-state index in [1.807, 2.05) is 54.2 Å². The average Bonchev–Trinajstić information content (AvgIpc) is 2.83. The maximum atomic E-state index is 14.3. The molecule has 4 unspecified atom stereocenters. The normalized spacial score (nSPS) is 29.4. The SMILES string of the molecule is Cn1cc(-c2cc(OCC34CC(C(=O)N5CC(F)CC5c5cccc(F)c5)(C3)C4)ncn2)cn1.Cn1cc(B2OC(C)(C)C(C)(C)O2)cn1.O=C(N1CC(F)CC1c1cccc(F)c1)C12CC(COc3cc(Br)ncn3)(C1)C2. The summed E-state index contributed by atoms with van der Waals surface area (Å²) in [6.45, 7) is 9.32. The Labute approximate surface area is 458 Å². The molecule has 0 radical (unpaired) electrons. The lowest BCUT2D eigenvalue weighted by Crippen LogP contribution is -2.69. The third kappa shape index (κ3) is 10.3. The molecule has 4 atom stereocenters. The van der Waals surface area contributed by atoms with Crippen LogP contribution in [0.1, 0.15) is 102 Å². The van der Waals surface area contributed by atoms with Gasteiger partial charge in [-0.1, -0.05) is 24.3 Å². The molecule has 78 heavy (non-hydrogen) atoms. The van der Waals surface area contributed by atoms with Crippen LogP contribution in [-0.4, -0.2) is 118 Å². The molecule has 6 saturated carbocycles. The molecule has 9 aliphatic rings. The number of rotatable bonds is 12. The summed E-state index contributed by atoms with van der Waals surface area (Å²) in [5.41, 5.74) is 2.45. The molecule has 0 spiro atoms. The molecule has 9 fully saturated rings. The number of aromatic nitrogens is 8. The van der Waals surface area contributed by atoms with Gasteiger partial charge in [0.2, 0.25) is 23.6 Å². The minimum atomic E-state index is -1.09. The van der Waals surface area contributed by atoms with E-state index >= 15 is 0 Å². The molecule has 3 saturated heterocycles. The van der Waals surface area contributed by atoms with Crippen LogP contribution in [-0.2, 0) is 33.0 Å². The van der Waals surface area contributed by atoms with Crippen LogP contribution in [0.25, 0.3) is 11.3 Å². The van der Waals surface area contributed by atoms with Gasteiger partial charge in [-0.05, 0) is 118 Å². The number of benzene rings is 2. The molecule has 2 aromatic carbocycles.